The number of hydrogen-bond acceptors (Lipinski definition) is 1. The van der Waals surface area contributed by atoms with Gasteiger partial charge in [-0.25, -0.2) is 4.39 Å². The van der Waals surface area contributed by atoms with Crippen LogP contribution in [0.2, 0.25) is 0 Å². The van der Waals surface area contributed by atoms with Crippen molar-refractivity contribution in [3.05, 3.63) is 41.3 Å². The van der Waals surface area contributed by atoms with Gasteiger partial charge in [-0.3, -0.25) is 5.10 Å². The predicted molar refractivity (Wildman–Crippen MR) is 53.5 cm³/mol. The molecule has 2 rings (SSSR count). The molecule has 1 aromatic carbocycles. The summed E-state index contributed by atoms with van der Waals surface area (Å²) in [5.74, 6) is -0.223. The second kappa shape index (κ2) is 3.25. The number of aryl methyl sites for hydroxylation is 1. The van der Waals surface area contributed by atoms with Crippen molar-refractivity contribution in [3.63, 3.8) is 0 Å². The third kappa shape index (κ3) is 1.41. The molecule has 0 fully saturated rings. The molecule has 0 atom stereocenters. The summed E-state index contributed by atoms with van der Waals surface area (Å²) in [7, 11) is 0. The zero-order valence-electron chi connectivity index (χ0n) is 8.13. The van der Waals surface area contributed by atoms with Gasteiger partial charge in [-0.05, 0) is 43.7 Å². The molecule has 1 aromatic heterocycles. The molecule has 0 aliphatic rings. The molecule has 0 amide bonds. The summed E-state index contributed by atoms with van der Waals surface area (Å²) in [6.45, 7) is 3.97. The third-order valence-corrected chi connectivity index (χ3v) is 2.37. The minimum atomic E-state index is -0.223. The Kier molecular flexibility index (Phi) is 2.08. The van der Waals surface area contributed by atoms with E-state index < -0.39 is 0 Å². The molecule has 1 N–H and O–H groups in total. The number of aromatic amines is 1. The van der Waals surface area contributed by atoms with E-state index in [-0.39, 0.29) is 5.82 Å². The molecule has 0 spiro atoms. The molecule has 0 aliphatic carbocycles. The first-order valence-corrected chi connectivity index (χ1v) is 4.46. The smallest absolute Gasteiger partial charge is 0.123 e. The predicted octanol–water partition coefficient (Wildman–Crippen LogP) is 2.83. The van der Waals surface area contributed by atoms with Gasteiger partial charge in [0.2, 0.25) is 0 Å². The number of aromatic nitrogens is 2. The molecule has 0 radical (unpaired) electrons. The SMILES string of the molecule is Cc1[nH]nc(-c2ccc(F)cc2)c1C. The Morgan fingerprint density at radius 2 is 1.79 bits per heavy atom. The Bertz CT molecular complexity index is 443. The number of nitrogens with zero attached hydrogens (tertiary/aromatic N) is 1. The maximum atomic E-state index is 12.7. The van der Waals surface area contributed by atoms with Crippen molar-refractivity contribution in [1.29, 1.82) is 0 Å². The van der Waals surface area contributed by atoms with E-state index in [1.807, 2.05) is 13.8 Å². The zero-order chi connectivity index (χ0) is 10.1. The lowest BCUT2D eigenvalue weighted by Crippen LogP contribution is -1.81. The summed E-state index contributed by atoms with van der Waals surface area (Å²) in [6, 6.07) is 6.35. The number of benzene rings is 1. The van der Waals surface area contributed by atoms with Gasteiger partial charge in [-0.2, -0.15) is 5.10 Å². The Morgan fingerprint density at radius 1 is 1.14 bits per heavy atom. The van der Waals surface area contributed by atoms with Gasteiger partial charge < -0.3 is 0 Å². The molecule has 0 saturated heterocycles. The average Bonchev–Trinajstić information content (AvgIpc) is 2.50. The van der Waals surface area contributed by atoms with Gasteiger partial charge in [-0.1, -0.05) is 0 Å². The maximum Gasteiger partial charge on any atom is 0.123 e. The van der Waals surface area contributed by atoms with Gasteiger partial charge in [0.15, 0.2) is 0 Å². The van der Waals surface area contributed by atoms with Crippen molar-refractivity contribution in [2.24, 2.45) is 0 Å². The van der Waals surface area contributed by atoms with E-state index in [9.17, 15) is 4.39 Å². The highest BCUT2D eigenvalue weighted by molar-refractivity contribution is 5.63. The van der Waals surface area contributed by atoms with Crippen LogP contribution in [-0.2, 0) is 0 Å². The van der Waals surface area contributed by atoms with Crippen LogP contribution in [-0.4, -0.2) is 10.2 Å². The van der Waals surface area contributed by atoms with Crippen molar-refractivity contribution < 1.29 is 4.39 Å². The lowest BCUT2D eigenvalue weighted by molar-refractivity contribution is 0.628. The molecule has 14 heavy (non-hydrogen) atoms. The monoisotopic (exact) mass is 190 g/mol. The van der Waals surface area contributed by atoms with Gasteiger partial charge in [0.05, 0.1) is 5.69 Å². The van der Waals surface area contributed by atoms with E-state index in [0.29, 0.717) is 0 Å². The Labute approximate surface area is 81.8 Å². The first-order chi connectivity index (χ1) is 6.68. The number of nitrogens with one attached hydrogen (secondary N) is 1. The molecule has 0 aliphatic heterocycles. The summed E-state index contributed by atoms with van der Waals surface area (Å²) in [6.07, 6.45) is 0. The standard InChI is InChI=1S/C11H11FN2/c1-7-8(2)13-14-11(7)9-3-5-10(12)6-4-9/h3-6H,1-2H3,(H,13,14). The van der Waals surface area contributed by atoms with Crippen LogP contribution in [0.25, 0.3) is 11.3 Å². The second-order valence-electron chi connectivity index (χ2n) is 3.33. The van der Waals surface area contributed by atoms with Crippen LogP contribution in [0.1, 0.15) is 11.3 Å². The van der Waals surface area contributed by atoms with Crippen LogP contribution in [0.5, 0.6) is 0 Å². The number of rotatable bonds is 1. The highest BCUT2D eigenvalue weighted by Gasteiger charge is 2.07. The van der Waals surface area contributed by atoms with Crippen LogP contribution in [0.15, 0.2) is 24.3 Å². The first-order valence-electron chi connectivity index (χ1n) is 4.46. The van der Waals surface area contributed by atoms with Gasteiger partial charge in [0.25, 0.3) is 0 Å². The molecule has 2 aromatic rings. The van der Waals surface area contributed by atoms with Crippen molar-refractivity contribution >= 4 is 0 Å². The minimum Gasteiger partial charge on any atom is -0.282 e. The molecule has 0 unspecified atom stereocenters. The zero-order valence-corrected chi connectivity index (χ0v) is 8.13. The van der Waals surface area contributed by atoms with E-state index in [0.717, 1.165) is 22.5 Å². The van der Waals surface area contributed by atoms with E-state index in [4.69, 9.17) is 0 Å². The fourth-order valence-corrected chi connectivity index (χ4v) is 1.37. The summed E-state index contributed by atoms with van der Waals surface area (Å²) in [4.78, 5) is 0. The fraction of sp³-hybridized carbons (Fsp3) is 0.182. The quantitative estimate of drug-likeness (QED) is 0.736. The molecular weight excluding hydrogens is 179 g/mol. The van der Waals surface area contributed by atoms with Gasteiger partial charge in [-0.15, -0.1) is 0 Å². The normalized spacial score (nSPS) is 10.5. The molecule has 72 valence electrons. The Balaban J connectivity index is 2.49. The molecule has 0 saturated carbocycles. The fourth-order valence-electron chi connectivity index (χ4n) is 1.37. The van der Waals surface area contributed by atoms with Crippen LogP contribution in [0, 0.1) is 19.7 Å². The van der Waals surface area contributed by atoms with Crippen molar-refractivity contribution in [1.82, 2.24) is 10.2 Å². The molecule has 1 heterocycles. The topological polar surface area (TPSA) is 28.7 Å². The maximum absolute atomic E-state index is 12.7. The lowest BCUT2D eigenvalue weighted by Gasteiger charge is -1.97. The van der Waals surface area contributed by atoms with Crippen LogP contribution < -0.4 is 0 Å². The summed E-state index contributed by atoms with van der Waals surface area (Å²) < 4.78 is 12.7. The van der Waals surface area contributed by atoms with E-state index in [1.165, 1.54) is 12.1 Å². The second-order valence-corrected chi connectivity index (χ2v) is 3.33. The van der Waals surface area contributed by atoms with Gasteiger partial charge in [0, 0.05) is 11.3 Å². The molecule has 0 bridgehead atoms. The lowest BCUT2D eigenvalue weighted by atomic mass is 10.1. The van der Waals surface area contributed by atoms with E-state index in [1.54, 1.807) is 12.1 Å². The van der Waals surface area contributed by atoms with Crippen molar-refractivity contribution in [2.45, 2.75) is 13.8 Å². The van der Waals surface area contributed by atoms with Crippen LogP contribution in [0.4, 0.5) is 4.39 Å². The van der Waals surface area contributed by atoms with Crippen LogP contribution in [0.3, 0.4) is 0 Å². The van der Waals surface area contributed by atoms with Crippen molar-refractivity contribution in [3.8, 4) is 11.3 Å². The summed E-state index contributed by atoms with van der Waals surface area (Å²) >= 11 is 0. The summed E-state index contributed by atoms with van der Waals surface area (Å²) in [5.41, 5.74) is 3.98. The van der Waals surface area contributed by atoms with Crippen molar-refractivity contribution in [2.75, 3.05) is 0 Å². The Hall–Kier alpha value is -1.64. The molecular formula is C11H11FN2. The van der Waals surface area contributed by atoms with Gasteiger partial charge in [0.1, 0.15) is 5.82 Å². The molecule has 3 heteroatoms. The largest absolute Gasteiger partial charge is 0.282 e. The number of hydrogen-bond donors (Lipinski definition) is 1. The van der Waals surface area contributed by atoms with E-state index in [2.05, 4.69) is 10.2 Å². The first kappa shape index (κ1) is 8.94. The number of halogens is 1. The highest BCUT2D eigenvalue weighted by Crippen LogP contribution is 2.22. The number of H-pyrrole nitrogens is 1. The van der Waals surface area contributed by atoms with Gasteiger partial charge >= 0.3 is 0 Å². The highest BCUT2D eigenvalue weighted by atomic mass is 19.1. The average molecular weight is 190 g/mol. The van der Waals surface area contributed by atoms with E-state index >= 15 is 0 Å². The molecule has 2 nitrogen and oxygen atoms in total. The summed E-state index contributed by atoms with van der Waals surface area (Å²) in [5, 5.41) is 7.07. The third-order valence-electron chi connectivity index (χ3n) is 2.37. The minimum absolute atomic E-state index is 0.223. The van der Waals surface area contributed by atoms with Crippen LogP contribution >= 0.6 is 0 Å². The Morgan fingerprint density at radius 3 is 2.29 bits per heavy atom.